The van der Waals surface area contributed by atoms with E-state index in [2.05, 4.69) is 43.7 Å². The van der Waals surface area contributed by atoms with Gasteiger partial charge >= 0.3 is 6.01 Å². The van der Waals surface area contributed by atoms with E-state index in [4.69, 9.17) is 22.7 Å². The minimum absolute atomic E-state index is 0.0396. The van der Waals surface area contributed by atoms with Crippen LogP contribution in [0.5, 0.6) is 11.8 Å². The Morgan fingerprint density at radius 1 is 1.24 bits per heavy atom. The van der Waals surface area contributed by atoms with Gasteiger partial charge in [-0.25, -0.2) is 4.98 Å². The van der Waals surface area contributed by atoms with Crippen molar-refractivity contribution in [2.45, 2.75) is 33.1 Å². The van der Waals surface area contributed by atoms with Crippen molar-refractivity contribution in [1.29, 1.82) is 0 Å². The van der Waals surface area contributed by atoms with E-state index in [-0.39, 0.29) is 16.4 Å². The van der Waals surface area contributed by atoms with Gasteiger partial charge in [0.05, 0.1) is 0 Å². The smallest absolute Gasteiger partial charge is 0.322 e. The number of thiocarbonyl (C=S) groups is 1. The molecule has 0 atom stereocenters. The highest BCUT2D eigenvalue weighted by Crippen LogP contribution is 2.33. The molecule has 0 spiro atoms. The van der Waals surface area contributed by atoms with Gasteiger partial charge in [-0.05, 0) is 24.5 Å². The molecule has 0 unspecified atom stereocenters. The lowest BCUT2D eigenvalue weighted by molar-refractivity contribution is 0.422. The van der Waals surface area contributed by atoms with Crippen molar-refractivity contribution in [2.75, 3.05) is 0 Å². The molecule has 0 aliphatic rings. The second kappa shape index (κ2) is 5.77. The maximum absolute atomic E-state index is 5.84. The van der Waals surface area contributed by atoms with Crippen molar-refractivity contribution in [2.24, 2.45) is 5.73 Å². The number of aryl methyl sites for hydroxylation is 1. The van der Waals surface area contributed by atoms with E-state index >= 15 is 0 Å². The Morgan fingerprint density at radius 2 is 1.95 bits per heavy atom. The van der Waals surface area contributed by atoms with E-state index in [0.717, 1.165) is 11.3 Å². The SMILES string of the molecule is Cc1ccc(Oc2nccc(C(N)=S)n2)c(C(C)(C)C)c1. The molecule has 21 heavy (non-hydrogen) atoms. The maximum atomic E-state index is 5.84. The number of hydrogen-bond acceptors (Lipinski definition) is 4. The standard InChI is InChI=1S/C16H19N3OS/c1-10-5-6-13(11(9-10)16(2,3)4)20-15-18-8-7-12(19-15)14(17)21/h5-9H,1-4H3,(H2,17,21). The number of rotatable bonds is 3. The van der Waals surface area contributed by atoms with Crippen molar-refractivity contribution >= 4 is 17.2 Å². The van der Waals surface area contributed by atoms with E-state index < -0.39 is 0 Å². The van der Waals surface area contributed by atoms with Crippen LogP contribution in [-0.2, 0) is 5.41 Å². The first-order valence-electron chi connectivity index (χ1n) is 6.69. The molecule has 0 saturated carbocycles. The first kappa shape index (κ1) is 15.4. The number of benzene rings is 1. The van der Waals surface area contributed by atoms with Crippen LogP contribution in [0.25, 0.3) is 0 Å². The number of nitrogens with zero attached hydrogens (tertiary/aromatic N) is 2. The molecule has 0 aliphatic carbocycles. The van der Waals surface area contributed by atoms with Crippen LogP contribution in [-0.4, -0.2) is 15.0 Å². The van der Waals surface area contributed by atoms with Crippen molar-refractivity contribution in [1.82, 2.24) is 9.97 Å². The zero-order valence-electron chi connectivity index (χ0n) is 12.7. The summed E-state index contributed by atoms with van der Waals surface area (Å²) in [7, 11) is 0. The zero-order chi connectivity index (χ0) is 15.6. The van der Waals surface area contributed by atoms with E-state index in [0.29, 0.717) is 5.69 Å². The molecule has 0 aliphatic heterocycles. The largest absolute Gasteiger partial charge is 0.424 e. The number of aromatic nitrogens is 2. The summed E-state index contributed by atoms with van der Waals surface area (Å²) in [6, 6.07) is 7.96. The van der Waals surface area contributed by atoms with Crippen molar-refractivity contribution in [3.8, 4) is 11.8 Å². The van der Waals surface area contributed by atoms with Gasteiger partial charge < -0.3 is 10.5 Å². The van der Waals surface area contributed by atoms with Crippen LogP contribution >= 0.6 is 12.2 Å². The summed E-state index contributed by atoms with van der Waals surface area (Å²) in [5.74, 6) is 0.744. The fourth-order valence-electron chi connectivity index (χ4n) is 1.94. The molecule has 1 aromatic carbocycles. The molecule has 0 saturated heterocycles. The first-order valence-corrected chi connectivity index (χ1v) is 7.10. The Kier molecular flexibility index (Phi) is 4.23. The Bertz CT molecular complexity index is 677. The Balaban J connectivity index is 2.40. The highest BCUT2D eigenvalue weighted by atomic mass is 32.1. The summed E-state index contributed by atoms with van der Waals surface area (Å²) in [6.45, 7) is 8.48. The van der Waals surface area contributed by atoms with E-state index in [1.54, 1.807) is 12.3 Å². The second-order valence-electron chi connectivity index (χ2n) is 5.94. The molecule has 1 heterocycles. The first-order chi connectivity index (χ1) is 9.77. The summed E-state index contributed by atoms with van der Waals surface area (Å²) in [5.41, 5.74) is 8.33. The van der Waals surface area contributed by atoms with Gasteiger partial charge in [0, 0.05) is 11.8 Å². The van der Waals surface area contributed by atoms with Gasteiger partial charge in [0.1, 0.15) is 16.4 Å². The van der Waals surface area contributed by atoms with Gasteiger partial charge in [-0.1, -0.05) is 50.7 Å². The molecular formula is C16H19N3OS. The van der Waals surface area contributed by atoms with Gasteiger partial charge in [-0.15, -0.1) is 0 Å². The molecule has 0 fully saturated rings. The fourth-order valence-corrected chi connectivity index (χ4v) is 2.06. The van der Waals surface area contributed by atoms with Crippen LogP contribution in [0, 0.1) is 6.92 Å². The molecule has 110 valence electrons. The highest BCUT2D eigenvalue weighted by molar-refractivity contribution is 7.80. The molecular weight excluding hydrogens is 282 g/mol. The number of nitrogens with two attached hydrogens (primary N) is 1. The monoisotopic (exact) mass is 301 g/mol. The Labute approximate surface area is 130 Å². The Hall–Kier alpha value is -2.01. The van der Waals surface area contributed by atoms with Crippen LogP contribution in [0.2, 0.25) is 0 Å². The predicted molar refractivity (Wildman–Crippen MR) is 87.9 cm³/mol. The lowest BCUT2D eigenvalue weighted by atomic mass is 9.85. The van der Waals surface area contributed by atoms with Crippen LogP contribution in [0.3, 0.4) is 0 Å². The average Bonchev–Trinajstić information content (AvgIpc) is 2.40. The van der Waals surface area contributed by atoms with E-state index in [9.17, 15) is 0 Å². The van der Waals surface area contributed by atoms with Gasteiger partial charge in [-0.2, -0.15) is 4.98 Å². The minimum atomic E-state index is -0.0396. The number of hydrogen-bond donors (Lipinski definition) is 1. The summed E-state index contributed by atoms with van der Waals surface area (Å²) in [4.78, 5) is 8.55. The fraction of sp³-hybridized carbons (Fsp3) is 0.312. The van der Waals surface area contributed by atoms with Gasteiger partial charge in [0.2, 0.25) is 0 Å². The predicted octanol–water partition coefficient (Wildman–Crippen LogP) is 3.51. The van der Waals surface area contributed by atoms with E-state index in [1.165, 1.54) is 5.56 Å². The third-order valence-electron chi connectivity index (χ3n) is 3.03. The summed E-state index contributed by atoms with van der Waals surface area (Å²) < 4.78 is 5.84. The molecule has 0 radical (unpaired) electrons. The van der Waals surface area contributed by atoms with Crippen LogP contribution in [0.1, 0.15) is 37.6 Å². The lowest BCUT2D eigenvalue weighted by Crippen LogP contribution is -2.14. The van der Waals surface area contributed by atoms with Crippen LogP contribution < -0.4 is 10.5 Å². The molecule has 2 N–H and O–H groups in total. The highest BCUT2D eigenvalue weighted by Gasteiger charge is 2.20. The topological polar surface area (TPSA) is 61.0 Å². The summed E-state index contributed by atoms with van der Waals surface area (Å²) >= 11 is 4.92. The van der Waals surface area contributed by atoms with Crippen LogP contribution in [0.4, 0.5) is 0 Å². The Morgan fingerprint density at radius 3 is 2.57 bits per heavy atom. The van der Waals surface area contributed by atoms with Crippen LogP contribution in [0.15, 0.2) is 30.5 Å². The third kappa shape index (κ3) is 3.76. The molecule has 2 rings (SSSR count). The van der Waals surface area contributed by atoms with E-state index in [1.807, 2.05) is 12.1 Å². The van der Waals surface area contributed by atoms with Crippen molar-refractivity contribution < 1.29 is 4.74 Å². The minimum Gasteiger partial charge on any atom is -0.424 e. The summed E-state index contributed by atoms with van der Waals surface area (Å²) in [5, 5.41) is 0. The molecule has 2 aromatic rings. The molecule has 0 bridgehead atoms. The molecule has 0 amide bonds. The molecule has 4 nitrogen and oxygen atoms in total. The zero-order valence-corrected chi connectivity index (χ0v) is 13.5. The summed E-state index contributed by atoms with van der Waals surface area (Å²) in [6.07, 6.45) is 1.59. The average molecular weight is 301 g/mol. The molecule has 5 heteroatoms. The second-order valence-corrected chi connectivity index (χ2v) is 6.38. The normalized spacial score (nSPS) is 11.2. The van der Waals surface area contributed by atoms with Gasteiger partial charge in [0.25, 0.3) is 0 Å². The quantitative estimate of drug-likeness (QED) is 0.879. The van der Waals surface area contributed by atoms with Gasteiger partial charge in [0.15, 0.2) is 0 Å². The van der Waals surface area contributed by atoms with Crippen molar-refractivity contribution in [3.63, 3.8) is 0 Å². The van der Waals surface area contributed by atoms with Gasteiger partial charge in [-0.3, -0.25) is 0 Å². The third-order valence-corrected chi connectivity index (χ3v) is 3.24. The maximum Gasteiger partial charge on any atom is 0.322 e. The van der Waals surface area contributed by atoms with Crippen molar-refractivity contribution in [3.05, 3.63) is 47.3 Å². The number of ether oxygens (including phenoxy) is 1. The lowest BCUT2D eigenvalue weighted by Gasteiger charge is -2.22. The molecule has 1 aromatic heterocycles.